The van der Waals surface area contributed by atoms with E-state index in [1.807, 2.05) is 0 Å². The molecule has 0 spiro atoms. The number of hydrogen-bond donors (Lipinski definition) is 1. The molecule has 0 fully saturated rings. The van der Waals surface area contributed by atoms with Gasteiger partial charge < -0.3 is 4.74 Å². The van der Waals surface area contributed by atoms with Crippen LogP contribution in [0.3, 0.4) is 0 Å². The Morgan fingerprint density at radius 1 is 1.32 bits per heavy atom. The molecule has 1 aromatic rings. The molecule has 0 radical (unpaired) electrons. The molecule has 108 valence electrons. The summed E-state index contributed by atoms with van der Waals surface area (Å²) < 4.78 is 32.2. The summed E-state index contributed by atoms with van der Waals surface area (Å²) in [6, 6.07) is 4.83. The first-order chi connectivity index (χ1) is 8.99. The Labute approximate surface area is 131 Å². The molecule has 0 atom stereocenters. The first-order valence-electron chi connectivity index (χ1n) is 5.56. The van der Waals surface area contributed by atoms with E-state index in [0.717, 1.165) is 0 Å². The van der Waals surface area contributed by atoms with E-state index in [0.29, 0.717) is 30.0 Å². The Bertz CT molecular complexity index is 490. The molecule has 0 saturated heterocycles. The van der Waals surface area contributed by atoms with E-state index in [1.54, 1.807) is 12.1 Å². The standard InChI is InChI=1S/C11H14BrCl2NO3S/c12-9-3-1-4-10(14)11(9)19(16,17)15-6-2-7-18-8-5-13/h1,3-4,15H,2,5-8H2. The Kier molecular flexibility index (Phi) is 7.64. The van der Waals surface area contributed by atoms with Crippen molar-refractivity contribution in [2.24, 2.45) is 0 Å². The quantitative estimate of drug-likeness (QED) is 0.548. The first kappa shape index (κ1) is 17.2. The van der Waals surface area contributed by atoms with Gasteiger partial charge in [0.25, 0.3) is 0 Å². The van der Waals surface area contributed by atoms with Crippen molar-refractivity contribution in [3.63, 3.8) is 0 Å². The Balaban J connectivity index is 2.57. The van der Waals surface area contributed by atoms with Gasteiger partial charge in [-0.1, -0.05) is 17.7 Å². The van der Waals surface area contributed by atoms with Crippen molar-refractivity contribution in [2.45, 2.75) is 11.3 Å². The third-order valence-corrected chi connectivity index (χ3v) is 5.23. The predicted molar refractivity (Wildman–Crippen MR) is 80.5 cm³/mol. The Morgan fingerprint density at radius 2 is 2.05 bits per heavy atom. The van der Waals surface area contributed by atoms with Gasteiger partial charge in [-0.05, 0) is 34.5 Å². The number of alkyl halides is 1. The van der Waals surface area contributed by atoms with Crippen molar-refractivity contribution < 1.29 is 13.2 Å². The summed E-state index contributed by atoms with van der Waals surface area (Å²) >= 11 is 14.5. The van der Waals surface area contributed by atoms with E-state index in [4.69, 9.17) is 27.9 Å². The minimum atomic E-state index is -3.62. The summed E-state index contributed by atoms with van der Waals surface area (Å²) in [5.41, 5.74) is 0. The van der Waals surface area contributed by atoms with Crippen molar-refractivity contribution in [1.29, 1.82) is 0 Å². The van der Waals surface area contributed by atoms with Crippen LogP contribution in [0.5, 0.6) is 0 Å². The van der Waals surface area contributed by atoms with Gasteiger partial charge in [-0.2, -0.15) is 0 Å². The van der Waals surface area contributed by atoms with E-state index < -0.39 is 10.0 Å². The lowest BCUT2D eigenvalue weighted by Gasteiger charge is -2.10. The Hall–Kier alpha value is 0.150. The minimum absolute atomic E-state index is 0.0540. The lowest BCUT2D eigenvalue weighted by Crippen LogP contribution is -2.26. The van der Waals surface area contributed by atoms with E-state index in [-0.39, 0.29) is 16.5 Å². The summed E-state index contributed by atoms with van der Waals surface area (Å²) in [6.45, 7) is 1.20. The second-order valence-corrected chi connectivity index (χ2v) is 6.95. The topological polar surface area (TPSA) is 55.4 Å². The fraction of sp³-hybridized carbons (Fsp3) is 0.455. The highest BCUT2D eigenvalue weighted by Gasteiger charge is 2.20. The number of rotatable bonds is 8. The highest BCUT2D eigenvalue weighted by atomic mass is 79.9. The molecule has 0 unspecified atom stereocenters. The Morgan fingerprint density at radius 3 is 2.68 bits per heavy atom. The normalized spacial score (nSPS) is 11.7. The highest BCUT2D eigenvalue weighted by molar-refractivity contribution is 9.10. The average Bonchev–Trinajstić information content (AvgIpc) is 2.33. The van der Waals surface area contributed by atoms with Crippen LogP contribution in [0.1, 0.15) is 6.42 Å². The van der Waals surface area contributed by atoms with Crippen LogP contribution < -0.4 is 4.72 Å². The maximum Gasteiger partial charge on any atom is 0.243 e. The molecular weight excluding hydrogens is 377 g/mol. The first-order valence-corrected chi connectivity index (χ1v) is 8.75. The van der Waals surface area contributed by atoms with Gasteiger partial charge in [0.05, 0.1) is 11.6 Å². The molecule has 0 aromatic heterocycles. The highest BCUT2D eigenvalue weighted by Crippen LogP contribution is 2.28. The molecule has 0 bridgehead atoms. The van der Waals surface area contributed by atoms with E-state index >= 15 is 0 Å². The number of benzene rings is 1. The van der Waals surface area contributed by atoms with Crippen LogP contribution in [-0.4, -0.2) is 34.1 Å². The van der Waals surface area contributed by atoms with Crippen LogP contribution in [0.4, 0.5) is 0 Å². The van der Waals surface area contributed by atoms with Crippen LogP contribution in [-0.2, 0) is 14.8 Å². The van der Waals surface area contributed by atoms with Crippen LogP contribution in [0, 0.1) is 0 Å². The molecule has 0 aliphatic heterocycles. The molecule has 1 rings (SSSR count). The molecule has 0 saturated carbocycles. The minimum Gasteiger partial charge on any atom is -0.380 e. The molecule has 4 nitrogen and oxygen atoms in total. The summed E-state index contributed by atoms with van der Waals surface area (Å²) in [7, 11) is -3.62. The van der Waals surface area contributed by atoms with Gasteiger partial charge in [-0.25, -0.2) is 13.1 Å². The second kappa shape index (κ2) is 8.44. The maximum absolute atomic E-state index is 12.1. The van der Waals surface area contributed by atoms with Crippen molar-refractivity contribution in [2.75, 3.05) is 25.6 Å². The monoisotopic (exact) mass is 389 g/mol. The lowest BCUT2D eigenvalue weighted by atomic mass is 10.4. The van der Waals surface area contributed by atoms with Gasteiger partial charge in [-0.15, -0.1) is 11.6 Å². The SMILES string of the molecule is O=S(=O)(NCCCOCCCl)c1c(Cl)cccc1Br. The van der Waals surface area contributed by atoms with Crippen LogP contribution in [0.2, 0.25) is 5.02 Å². The van der Waals surface area contributed by atoms with Gasteiger partial charge in [0.1, 0.15) is 4.90 Å². The van der Waals surface area contributed by atoms with Gasteiger partial charge in [0.15, 0.2) is 0 Å². The van der Waals surface area contributed by atoms with Gasteiger partial charge in [-0.3, -0.25) is 0 Å². The maximum atomic E-state index is 12.1. The van der Waals surface area contributed by atoms with Crippen molar-refractivity contribution in [3.05, 3.63) is 27.7 Å². The molecule has 0 aliphatic rings. The van der Waals surface area contributed by atoms with Gasteiger partial charge in [0.2, 0.25) is 10.0 Å². The third kappa shape index (κ3) is 5.57. The van der Waals surface area contributed by atoms with Crippen LogP contribution >= 0.6 is 39.1 Å². The molecule has 19 heavy (non-hydrogen) atoms. The van der Waals surface area contributed by atoms with E-state index in [1.165, 1.54) is 6.07 Å². The fourth-order valence-electron chi connectivity index (χ4n) is 1.35. The van der Waals surface area contributed by atoms with Crippen molar-refractivity contribution >= 4 is 49.2 Å². The lowest BCUT2D eigenvalue weighted by molar-refractivity contribution is 0.147. The molecule has 0 aliphatic carbocycles. The average molecular weight is 391 g/mol. The third-order valence-electron chi connectivity index (χ3n) is 2.17. The number of halogens is 3. The molecule has 1 aromatic carbocycles. The largest absolute Gasteiger partial charge is 0.380 e. The smallest absolute Gasteiger partial charge is 0.243 e. The van der Waals surface area contributed by atoms with Gasteiger partial charge in [0, 0.05) is 23.5 Å². The molecule has 1 N–H and O–H groups in total. The van der Waals surface area contributed by atoms with Crippen LogP contribution in [0.25, 0.3) is 0 Å². The van der Waals surface area contributed by atoms with E-state index in [9.17, 15) is 8.42 Å². The summed E-state index contributed by atoms with van der Waals surface area (Å²) in [4.78, 5) is 0.0540. The molecule has 0 amide bonds. The number of ether oxygens (including phenoxy) is 1. The van der Waals surface area contributed by atoms with E-state index in [2.05, 4.69) is 20.7 Å². The number of nitrogens with one attached hydrogen (secondary N) is 1. The number of hydrogen-bond acceptors (Lipinski definition) is 3. The zero-order valence-electron chi connectivity index (χ0n) is 10.0. The summed E-state index contributed by atoms with van der Waals surface area (Å²) in [6.07, 6.45) is 0.568. The molecule has 8 heteroatoms. The summed E-state index contributed by atoms with van der Waals surface area (Å²) in [5, 5.41) is 0.181. The number of sulfonamides is 1. The zero-order chi connectivity index (χ0) is 14.3. The predicted octanol–water partition coefficient (Wildman–Crippen LogP) is 3.03. The van der Waals surface area contributed by atoms with Crippen LogP contribution in [0.15, 0.2) is 27.6 Å². The molecule has 0 heterocycles. The fourth-order valence-corrected chi connectivity index (χ4v) is 4.26. The summed E-state index contributed by atoms with van der Waals surface area (Å²) in [5.74, 6) is 0.429. The van der Waals surface area contributed by atoms with Crippen molar-refractivity contribution in [1.82, 2.24) is 4.72 Å². The molecular formula is C11H14BrCl2NO3S. The zero-order valence-corrected chi connectivity index (χ0v) is 13.9. The van der Waals surface area contributed by atoms with Crippen molar-refractivity contribution in [3.8, 4) is 0 Å². The van der Waals surface area contributed by atoms with Gasteiger partial charge >= 0.3 is 0 Å². The second-order valence-electron chi connectivity index (χ2n) is 3.60.